The summed E-state index contributed by atoms with van der Waals surface area (Å²) in [4.78, 5) is 15.9. The van der Waals surface area contributed by atoms with Gasteiger partial charge in [-0.25, -0.2) is 0 Å². The van der Waals surface area contributed by atoms with Gasteiger partial charge in [0.1, 0.15) is 24.7 Å². The van der Waals surface area contributed by atoms with Crippen LogP contribution in [0.2, 0.25) is 0 Å². The number of quaternary nitrogens is 1. The molecule has 5 nitrogen and oxygen atoms in total. The lowest BCUT2D eigenvalue weighted by Crippen LogP contribution is -3.15. The van der Waals surface area contributed by atoms with E-state index in [1.165, 1.54) is 10.5 Å². The monoisotopic (exact) mass is 375 g/mol. The molecule has 2 aromatic rings. The Balaban J connectivity index is 1.32. The largest absolute Gasteiger partial charge is 0.497 e. The second-order valence-corrected chi connectivity index (χ2v) is 7.32. The van der Waals surface area contributed by atoms with Crippen molar-refractivity contribution < 1.29 is 19.2 Å². The van der Waals surface area contributed by atoms with Crippen LogP contribution in [0.1, 0.15) is 12.0 Å². The van der Waals surface area contributed by atoms with Gasteiger partial charge in [0.2, 0.25) is 5.91 Å². The zero-order valence-corrected chi connectivity index (χ0v) is 16.1. The number of nitrogens with one attached hydrogen (secondary N) is 1. The molecular weight excluding hydrogens is 348 g/mol. The lowest BCUT2D eigenvalue weighted by atomic mass is 10.1. The van der Waals surface area contributed by atoms with Gasteiger partial charge in [0.05, 0.1) is 33.3 Å². The Labute approximate surface area is 159 Å². The number of amides is 1. The molecule has 26 heavy (non-hydrogen) atoms. The molecule has 0 radical (unpaired) electrons. The third-order valence-corrected chi connectivity index (χ3v) is 5.55. The van der Waals surface area contributed by atoms with E-state index in [0.29, 0.717) is 13.0 Å². The molecule has 1 amide bonds. The third kappa shape index (κ3) is 5.47. The van der Waals surface area contributed by atoms with Gasteiger partial charge in [-0.2, -0.15) is 11.3 Å². The van der Waals surface area contributed by atoms with Gasteiger partial charge in [-0.05, 0) is 53.1 Å². The van der Waals surface area contributed by atoms with Gasteiger partial charge < -0.3 is 19.3 Å². The number of methoxy groups -OCH3 is 1. The van der Waals surface area contributed by atoms with E-state index in [9.17, 15) is 4.79 Å². The Kier molecular flexibility index (Phi) is 6.91. The molecule has 1 aromatic heterocycles. The Morgan fingerprint density at radius 2 is 1.88 bits per heavy atom. The first-order valence-electron chi connectivity index (χ1n) is 9.14. The first-order chi connectivity index (χ1) is 12.7. The van der Waals surface area contributed by atoms with Crippen LogP contribution in [0, 0.1) is 0 Å². The number of thiophene rings is 1. The van der Waals surface area contributed by atoms with Crippen LogP contribution in [0.3, 0.4) is 0 Å². The summed E-state index contributed by atoms with van der Waals surface area (Å²) in [6.45, 7) is 5.34. The molecule has 1 N–H and O–H groups in total. The van der Waals surface area contributed by atoms with Gasteiger partial charge in [0.15, 0.2) is 0 Å². The Morgan fingerprint density at radius 3 is 2.54 bits per heavy atom. The molecule has 0 bridgehead atoms. The van der Waals surface area contributed by atoms with Crippen molar-refractivity contribution in [2.45, 2.75) is 12.8 Å². The van der Waals surface area contributed by atoms with Crippen LogP contribution >= 0.6 is 11.3 Å². The summed E-state index contributed by atoms with van der Waals surface area (Å²) in [5.41, 5.74) is 1.27. The maximum atomic E-state index is 12.3. The highest BCUT2D eigenvalue weighted by atomic mass is 32.1. The second-order valence-electron chi connectivity index (χ2n) is 6.54. The number of piperazine rings is 1. The lowest BCUT2D eigenvalue weighted by molar-refractivity contribution is -0.904. The van der Waals surface area contributed by atoms with Gasteiger partial charge in [0, 0.05) is 6.42 Å². The first kappa shape index (κ1) is 18.7. The molecule has 0 saturated carbocycles. The normalized spacial score (nSPS) is 15.0. The number of aryl methyl sites for hydroxylation is 1. The van der Waals surface area contributed by atoms with Gasteiger partial charge in [0.25, 0.3) is 0 Å². The van der Waals surface area contributed by atoms with E-state index in [2.05, 4.69) is 16.8 Å². The topological polar surface area (TPSA) is 43.2 Å². The Hall–Kier alpha value is -2.05. The quantitative estimate of drug-likeness (QED) is 0.760. The van der Waals surface area contributed by atoms with Crippen molar-refractivity contribution in [2.75, 3.05) is 46.4 Å². The maximum Gasteiger partial charge on any atom is 0.223 e. The minimum atomic E-state index is 0.282. The van der Waals surface area contributed by atoms with Crippen LogP contribution in [0.15, 0.2) is 41.1 Å². The molecular formula is C20H27N2O3S+. The van der Waals surface area contributed by atoms with E-state index in [1.807, 2.05) is 29.2 Å². The number of rotatable bonds is 8. The smallest absolute Gasteiger partial charge is 0.223 e. The molecule has 3 rings (SSSR count). The predicted octanol–water partition coefficient (Wildman–Crippen LogP) is 1.50. The van der Waals surface area contributed by atoms with Crippen molar-refractivity contribution in [3.05, 3.63) is 46.7 Å². The summed E-state index contributed by atoms with van der Waals surface area (Å²) in [5.74, 6) is 1.99. The lowest BCUT2D eigenvalue weighted by Gasteiger charge is -2.32. The number of carbonyl (C=O) groups is 1. The summed E-state index contributed by atoms with van der Waals surface area (Å²) in [6, 6.07) is 9.77. The number of benzene rings is 1. The van der Waals surface area contributed by atoms with Crippen molar-refractivity contribution >= 4 is 17.2 Å². The van der Waals surface area contributed by atoms with Crippen molar-refractivity contribution in [3.63, 3.8) is 0 Å². The SMILES string of the molecule is COc1ccc(OCC[NH+]2CCN(C(=O)CCc3ccsc3)CC2)cc1. The molecule has 0 spiro atoms. The maximum absolute atomic E-state index is 12.3. The molecule has 6 heteroatoms. The average molecular weight is 376 g/mol. The molecule has 1 saturated heterocycles. The van der Waals surface area contributed by atoms with Crippen molar-refractivity contribution in [2.24, 2.45) is 0 Å². The molecule has 0 atom stereocenters. The third-order valence-electron chi connectivity index (χ3n) is 4.81. The fourth-order valence-corrected chi connectivity index (χ4v) is 3.85. The summed E-state index contributed by atoms with van der Waals surface area (Å²) < 4.78 is 11.0. The first-order valence-corrected chi connectivity index (χ1v) is 10.1. The van der Waals surface area contributed by atoms with E-state index in [1.54, 1.807) is 18.4 Å². The van der Waals surface area contributed by atoms with Crippen LogP contribution in [-0.2, 0) is 11.2 Å². The fraction of sp³-hybridized carbons (Fsp3) is 0.450. The molecule has 2 heterocycles. The summed E-state index contributed by atoms with van der Waals surface area (Å²) in [7, 11) is 1.66. The Morgan fingerprint density at radius 1 is 1.15 bits per heavy atom. The minimum Gasteiger partial charge on any atom is -0.497 e. The minimum absolute atomic E-state index is 0.282. The zero-order valence-electron chi connectivity index (χ0n) is 15.3. The average Bonchev–Trinajstić information content (AvgIpc) is 3.21. The predicted molar refractivity (Wildman–Crippen MR) is 103 cm³/mol. The highest BCUT2D eigenvalue weighted by Crippen LogP contribution is 2.16. The van der Waals surface area contributed by atoms with E-state index in [4.69, 9.17) is 9.47 Å². The fourth-order valence-electron chi connectivity index (χ4n) is 3.15. The van der Waals surface area contributed by atoms with Crippen LogP contribution in [0.4, 0.5) is 0 Å². The van der Waals surface area contributed by atoms with E-state index in [-0.39, 0.29) is 5.91 Å². The van der Waals surface area contributed by atoms with Crippen molar-refractivity contribution in [1.82, 2.24) is 4.90 Å². The van der Waals surface area contributed by atoms with Gasteiger partial charge in [-0.3, -0.25) is 4.79 Å². The number of hydrogen-bond donors (Lipinski definition) is 1. The molecule has 1 aliphatic heterocycles. The Bertz CT molecular complexity index is 665. The van der Waals surface area contributed by atoms with Crippen LogP contribution in [-0.4, -0.2) is 57.2 Å². The molecule has 1 aliphatic rings. The van der Waals surface area contributed by atoms with Crippen LogP contribution < -0.4 is 14.4 Å². The number of carbonyl (C=O) groups excluding carboxylic acids is 1. The van der Waals surface area contributed by atoms with Gasteiger partial charge in [-0.1, -0.05) is 0 Å². The molecule has 1 aromatic carbocycles. The number of ether oxygens (including phenoxy) is 2. The zero-order chi connectivity index (χ0) is 18.2. The van der Waals surface area contributed by atoms with E-state index >= 15 is 0 Å². The summed E-state index contributed by atoms with van der Waals surface area (Å²) >= 11 is 1.69. The van der Waals surface area contributed by atoms with Crippen LogP contribution in [0.25, 0.3) is 0 Å². The van der Waals surface area contributed by atoms with Gasteiger partial charge >= 0.3 is 0 Å². The van der Waals surface area contributed by atoms with E-state index in [0.717, 1.165) is 50.6 Å². The number of nitrogens with zero attached hydrogens (tertiary/aromatic N) is 1. The van der Waals surface area contributed by atoms with E-state index < -0.39 is 0 Å². The molecule has 0 unspecified atom stereocenters. The summed E-state index contributed by atoms with van der Waals surface area (Å²) in [6.07, 6.45) is 1.47. The van der Waals surface area contributed by atoms with Crippen molar-refractivity contribution in [1.29, 1.82) is 0 Å². The van der Waals surface area contributed by atoms with Crippen molar-refractivity contribution in [3.8, 4) is 11.5 Å². The molecule has 0 aliphatic carbocycles. The van der Waals surface area contributed by atoms with Crippen LogP contribution in [0.5, 0.6) is 11.5 Å². The molecule has 140 valence electrons. The summed E-state index contributed by atoms with van der Waals surface area (Å²) in [5, 5.41) is 4.19. The highest BCUT2D eigenvalue weighted by molar-refractivity contribution is 7.07. The second kappa shape index (κ2) is 9.59. The highest BCUT2D eigenvalue weighted by Gasteiger charge is 2.23. The molecule has 1 fully saturated rings. The number of hydrogen-bond acceptors (Lipinski definition) is 4. The van der Waals surface area contributed by atoms with Gasteiger partial charge in [-0.15, -0.1) is 0 Å². The standard InChI is InChI=1S/C20H26N2O3S/c1-24-18-3-5-19(6-4-18)25-14-13-21-9-11-22(12-10-21)20(23)7-2-17-8-15-26-16-17/h3-6,8,15-16H,2,7,9-14H2,1H3/p+1.